The molecule has 99 heavy (non-hydrogen) atoms. The van der Waals surface area contributed by atoms with E-state index in [0.717, 1.165) is 120 Å². The number of phosphoric acid groups is 2. The third-order valence-electron chi connectivity index (χ3n) is 18.9. The molecule has 3 unspecified atom stereocenters. The summed E-state index contributed by atoms with van der Waals surface area (Å²) >= 11 is 0. The van der Waals surface area contributed by atoms with Gasteiger partial charge in [-0.05, 0) is 49.4 Å². The van der Waals surface area contributed by atoms with Gasteiger partial charge >= 0.3 is 39.5 Å². The molecule has 0 aliphatic rings. The molecule has 0 aliphatic heterocycles. The molecule has 0 rings (SSSR count). The van der Waals surface area contributed by atoms with Crippen LogP contribution in [0.4, 0.5) is 0 Å². The molecule has 6 atom stereocenters. The lowest BCUT2D eigenvalue weighted by atomic mass is 10.00. The summed E-state index contributed by atoms with van der Waals surface area (Å²) < 4.78 is 68.7. The zero-order valence-corrected chi connectivity index (χ0v) is 66.9. The van der Waals surface area contributed by atoms with Gasteiger partial charge in [-0.15, -0.1) is 0 Å². The second-order valence-corrected chi connectivity index (χ2v) is 33.4. The van der Waals surface area contributed by atoms with Gasteiger partial charge in [-0.2, -0.15) is 0 Å². The van der Waals surface area contributed by atoms with Crippen LogP contribution in [0.25, 0.3) is 0 Å². The topological polar surface area (TPSA) is 237 Å². The van der Waals surface area contributed by atoms with Crippen molar-refractivity contribution in [3.8, 4) is 0 Å². The lowest BCUT2D eigenvalue weighted by Gasteiger charge is -2.21. The van der Waals surface area contributed by atoms with Crippen LogP contribution in [0.5, 0.6) is 0 Å². The fourth-order valence-corrected chi connectivity index (χ4v) is 13.8. The number of hydrogen-bond donors (Lipinski definition) is 3. The van der Waals surface area contributed by atoms with E-state index in [0.29, 0.717) is 25.7 Å². The van der Waals surface area contributed by atoms with Crippen LogP contribution in [-0.2, 0) is 65.4 Å². The van der Waals surface area contributed by atoms with Crippen LogP contribution in [-0.4, -0.2) is 96.7 Å². The van der Waals surface area contributed by atoms with Gasteiger partial charge in [0.05, 0.1) is 26.4 Å². The summed E-state index contributed by atoms with van der Waals surface area (Å²) in [7, 11) is -9.92. The second kappa shape index (κ2) is 69.1. The highest BCUT2D eigenvalue weighted by atomic mass is 31.2. The number of carbonyl (C=O) groups is 4. The van der Waals surface area contributed by atoms with Crippen LogP contribution in [0.15, 0.2) is 0 Å². The molecule has 19 heteroatoms. The number of phosphoric ester groups is 2. The van der Waals surface area contributed by atoms with Crippen molar-refractivity contribution in [1.82, 2.24) is 0 Å². The number of esters is 4. The average Bonchev–Trinajstić information content (AvgIpc) is 1.10. The first-order chi connectivity index (χ1) is 47.6. The van der Waals surface area contributed by atoms with Crippen molar-refractivity contribution in [3.63, 3.8) is 0 Å². The molecule has 0 heterocycles. The highest BCUT2D eigenvalue weighted by Gasteiger charge is 2.30. The van der Waals surface area contributed by atoms with Crippen LogP contribution in [0.2, 0.25) is 0 Å². The van der Waals surface area contributed by atoms with Crippen molar-refractivity contribution in [3.05, 3.63) is 0 Å². The Balaban J connectivity index is 5.24. The molecule has 0 bridgehead atoms. The van der Waals surface area contributed by atoms with Gasteiger partial charge < -0.3 is 33.8 Å². The largest absolute Gasteiger partial charge is 0.472 e. The summed E-state index contributed by atoms with van der Waals surface area (Å²) in [5, 5.41) is 10.6. The fourth-order valence-electron chi connectivity index (χ4n) is 12.2. The maximum absolute atomic E-state index is 13.1. The van der Waals surface area contributed by atoms with Gasteiger partial charge in [-0.3, -0.25) is 37.3 Å². The van der Waals surface area contributed by atoms with E-state index in [-0.39, 0.29) is 25.7 Å². The Hall–Kier alpha value is -1.94. The summed E-state index contributed by atoms with van der Waals surface area (Å²) in [4.78, 5) is 73.0. The van der Waals surface area contributed by atoms with E-state index in [1.807, 2.05) is 0 Å². The minimum Gasteiger partial charge on any atom is -0.462 e. The number of hydrogen-bond acceptors (Lipinski definition) is 15. The quantitative estimate of drug-likeness (QED) is 0.0222. The Labute approximate surface area is 607 Å². The highest BCUT2D eigenvalue weighted by Crippen LogP contribution is 2.45. The first-order valence-corrected chi connectivity index (χ1v) is 44.2. The molecular formula is C80H156O17P2. The van der Waals surface area contributed by atoms with E-state index in [1.54, 1.807) is 0 Å². The maximum atomic E-state index is 13.1. The Morgan fingerprint density at radius 2 is 0.485 bits per heavy atom. The van der Waals surface area contributed by atoms with Gasteiger partial charge in [0.15, 0.2) is 12.2 Å². The number of ether oxygens (including phenoxy) is 4. The van der Waals surface area contributed by atoms with Crippen LogP contribution in [0, 0.1) is 23.7 Å². The Bertz CT molecular complexity index is 1940. The monoisotopic (exact) mass is 1450 g/mol. The van der Waals surface area contributed by atoms with E-state index >= 15 is 0 Å². The van der Waals surface area contributed by atoms with Gasteiger partial charge in [0.25, 0.3) is 0 Å². The minimum atomic E-state index is -4.96. The van der Waals surface area contributed by atoms with E-state index in [9.17, 15) is 43.2 Å². The molecule has 0 radical (unpaired) electrons. The van der Waals surface area contributed by atoms with E-state index in [4.69, 9.17) is 37.0 Å². The molecule has 0 aromatic carbocycles. The predicted molar refractivity (Wildman–Crippen MR) is 404 cm³/mol. The predicted octanol–water partition coefficient (Wildman–Crippen LogP) is 23.6. The zero-order chi connectivity index (χ0) is 73.1. The first-order valence-electron chi connectivity index (χ1n) is 41.2. The Morgan fingerprint density at radius 3 is 0.717 bits per heavy atom. The summed E-state index contributed by atoms with van der Waals surface area (Å²) in [6.45, 7) is 14.2. The van der Waals surface area contributed by atoms with Gasteiger partial charge in [0.2, 0.25) is 0 Å². The zero-order valence-electron chi connectivity index (χ0n) is 65.1. The van der Waals surface area contributed by atoms with Crippen molar-refractivity contribution in [2.24, 2.45) is 23.7 Å². The van der Waals surface area contributed by atoms with Gasteiger partial charge in [0, 0.05) is 25.7 Å². The molecule has 17 nitrogen and oxygen atoms in total. The summed E-state index contributed by atoms with van der Waals surface area (Å²) in [5.41, 5.74) is 0. The van der Waals surface area contributed by atoms with E-state index in [1.165, 1.54) is 205 Å². The molecule has 0 aromatic heterocycles. The van der Waals surface area contributed by atoms with Crippen molar-refractivity contribution in [1.29, 1.82) is 0 Å². The average molecular weight is 1450 g/mol. The van der Waals surface area contributed by atoms with Crippen molar-refractivity contribution in [2.75, 3.05) is 39.6 Å². The number of carbonyl (C=O) groups excluding carboxylic acids is 4. The van der Waals surface area contributed by atoms with Crippen LogP contribution >= 0.6 is 15.6 Å². The van der Waals surface area contributed by atoms with Crippen molar-refractivity contribution >= 4 is 39.5 Å². The first kappa shape index (κ1) is 97.1. The smallest absolute Gasteiger partial charge is 0.462 e. The van der Waals surface area contributed by atoms with Gasteiger partial charge in [-0.1, -0.05) is 357 Å². The van der Waals surface area contributed by atoms with E-state index < -0.39 is 97.5 Å². The second-order valence-electron chi connectivity index (χ2n) is 30.5. The molecule has 0 spiro atoms. The van der Waals surface area contributed by atoms with Gasteiger partial charge in [-0.25, -0.2) is 9.13 Å². The summed E-state index contributed by atoms with van der Waals surface area (Å²) in [6, 6.07) is 0. The Kier molecular flexibility index (Phi) is 67.8. The highest BCUT2D eigenvalue weighted by molar-refractivity contribution is 7.47. The van der Waals surface area contributed by atoms with Crippen molar-refractivity contribution in [2.45, 2.75) is 427 Å². The standard InChI is InChI=1S/C80H156O17P2/c1-9-73(8)59-51-43-38-39-45-53-61-78(83)91-67-76(97-80(85)63-55-47-37-31-24-18-14-16-21-27-33-41-49-57-71(4)5)69-95-99(88,89)93-65-74(81)64-92-98(86,87)94-68-75(66-90-77(82)60-52-44-35-29-25-19-22-28-34-42-50-58-72(6)7)96-79(84)62-54-46-36-30-23-17-13-11-10-12-15-20-26-32-40-48-56-70(2)3/h70-76,81H,9-69H2,1-8H3,(H,86,87)(H,88,89)/t73?,74-,75-,76-/m1/s1. The number of unbranched alkanes of at least 4 members (excludes halogenated alkanes) is 42. The van der Waals surface area contributed by atoms with Gasteiger partial charge in [0.1, 0.15) is 19.3 Å². The number of aliphatic hydroxyl groups excluding tert-OH is 1. The number of aliphatic hydroxyl groups is 1. The SMILES string of the molecule is CCC(C)CCCCCCCCC(=O)OC[C@H](COP(=O)(O)OC[C@H](O)COP(=O)(O)OC[C@@H](COC(=O)CCCCCCCCCCCCCC(C)C)OC(=O)CCCCCCCCCCCCCCCCCCC(C)C)OC(=O)CCCCCCCCCCCCCCCC(C)C. The maximum Gasteiger partial charge on any atom is 0.472 e. The molecule has 0 fully saturated rings. The molecule has 588 valence electrons. The third-order valence-corrected chi connectivity index (χ3v) is 20.8. The lowest BCUT2D eigenvalue weighted by Crippen LogP contribution is -2.30. The number of rotatable bonds is 77. The van der Waals surface area contributed by atoms with E-state index in [2.05, 4.69) is 55.4 Å². The van der Waals surface area contributed by atoms with Crippen LogP contribution in [0.1, 0.15) is 409 Å². The summed E-state index contributed by atoms with van der Waals surface area (Å²) in [5.74, 6) is 0.982. The molecule has 0 aliphatic carbocycles. The Morgan fingerprint density at radius 1 is 0.283 bits per heavy atom. The fraction of sp³-hybridized carbons (Fsp3) is 0.950. The van der Waals surface area contributed by atoms with Crippen LogP contribution in [0.3, 0.4) is 0 Å². The lowest BCUT2D eigenvalue weighted by molar-refractivity contribution is -0.161. The molecule has 0 aromatic rings. The van der Waals surface area contributed by atoms with Crippen molar-refractivity contribution < 1.29 is 80.2 Å². The summed E-state index contributed by atoms with van der Waals surface area (Å²) in [6.07, 6.45) is 55.5. The molecule has 0 saturated heterocycles. The molecule has 3 N–H and O–H groups in total. The molecule has 0 amide bonds. The normalized spacial score (nSPS) is 14.3. The molecular weight excluding hydrogens is 1290 g/mol. The molecule has 0 saturated carbocycles. The third kappa shape index (κ3) is 72.8. The minimum absolute atomic E-state index is 0.106. The van der Waals surface area contributed by atoms with Crippen LogP contribution < -0.4 is 0 Å².